The van der Waals surface area contributed by atoms with Crippen LogP contribution in [0, 0.1) is 6.92 Å². The van der Waals surface area contributed by atoms with Gasteiger partial charge in [-0.1, -0.05) is 6.07 Å². The second kappa shape index (κ2) is 5.85. The molecule has 0 unspecified atom stereocenters. The van der Waals surface area contributed by atoms with Crippen LogP contribution in [0.1, 0.15) is 15.9 Å². The number of amides is 1. The van der Waals surface area contributed by atoms with Gasteiger partial charge in [-0.3, -0.25) is 4.79 Å². The summed E-state index contributed by atoms with van der Waals surface area (Å²) < 4.78 is 7.59. The van der Waals surface area contributed by atoms with Gasteiger partial charge < -0.3 is 14.2 Å². The maximum atomic E-state index is 12.9. The Morgan fingerprint density at radius 1 is 1.17 bits per heavy atom. The number of nitrogens with zero attached hydrogens (tertiary/aromatic N) is 3. The van der Waals surface area contributed by atoms with Crippen molar-refractivity contribution in [2.75, 3.05) is 18.1 Å². The Bertz CT molecular complexity index is 870. The van der Waals surface area contributed by atoms with Crippen molar-refractivity contribution in [3.05, 3.63) is 72.3 Å². The molecule has 0 saturated carbocycles. The molecular formula is C19H17N3O2. The lowest BCUT2D eigenvalue weighted by atomic mass is 10.1. The Morgan fingerprint density at radius 3 is 2.75 bits per heavy atom. The fourth-order valence-electron chi connectivity index (χ4n) is 2.88. The van der Waals surface area contributed by atoms with E-state index in [2.05, 4.69) is 4.98 Å². The van der Waals surface area contributed by atoms with Gasteiger partial charge in [0, 0.05) is 23.6 Å². The molecule has 0 aliphatic carbocycles. The van der Waals surface area contributed by atoms with Gasteiger partial charge in [-0.2, -0.15) is 0 Å². The number of hydrogen-bond donors (Lipinski definition) is 0. The van der Waals surface area contributed by atoms with E-state index in [1.807, 2.05) is 60.2 Å². The van der Waals surface area contributed by atoms with Crippen molar-refractivity contribution < 1.29 is 9.53 Å². The molecule has 0 radical (unpaired) electrons. The highest BCUT2D eigenvalue weighted by Gasteiger charge is 2.24. The lowest BCUT2D eigenvalue weighted by Gasteiger charge is -2.30. The summed E-state index contributed by atoms with van der Waals surface area (Å²) in [5, 5.41) is 0. The molecule has 2 aromatic carbocycles. The molecule has 0 atom stereocenters. The van der Waals surface area contributed by atoms with Gasteiger partial charge in [0.15, 0.2) is 0 Å². The van der Waals surface area contributed by atoms with Crippen LogP contribution in [0.25, 0.3) is 5.69 Å². The van der Waals surface area contributed by atoms with Crippen molar-refractivity contribution in [1.29, 1.82) is 0 Å². The predicted molar refractivity (Wildman–Crippen MR) is 91.9 cm³/mol. The number of benzene rings is 2. The molecule has 3 aromatic rings. The van der Waals surface area contributed by atoms with Crippen LogP contribution in [-0.2, 0) is 0 Å². The van der Waals surface area contributed by atoms with E-state index in [0.717, 1.165) is 22.7 Å². The highest BCUT2D eigenvalue weighted by Crippen LogP contribution is 2.33. The van der Waals surface area contributed by atoms with E-state index in [1.165, 1.54) is 0 Å². The highest BCUT2D eigenvalue weighted by atomic mass is 16.5. The summed E-state index contributed by atoms with van der Waals surface area (Å²) in [7, 11) is 0. The Morgan fingerprint density at radius 2 is 2.00 bits per heavy atom. The number of anilines is 1. The highest BCUT2D eigenvalue weighted by molar-refractivity contribution is 6.07. The van der Waals surface area contributed by atoms with Gasteiger partial charge in [0.2, 0.25) is 0 Å². The van der Waals surface area contributed by atoms with Gasteiger partial charge in [-0.25, -0.2) is 4.98 Å². The summed E-state index contributed by atoms with van der Waals surface area (Å²) in [5.41, 5.74) is 3.58. The van der Waals surface area contributed by atoms with Crippen molar-refractivity contribution in [2.24, 2.45) is 0 Å². The molecule has 1 amide bonds. The SMILES string of the molecule is Cc1ccc2c(c1)OCCN2C(=O)c1ccc(-n2ccnc2)cc1. The van der Waals surface area contributed by atoms with Gasteiger partial charge in [-0.15, -0.1) is 0 Å². The molecule has 1 aromatic heterocycles. The molecule has 0 N–H and O–H groups in total. The fraction of sp³-hybridized carbons (Fsp3) is 0.158. The number of fused-ring (bicyclic) bond motifs is 1. The smallest absolute Gasteiger partial charge is 0.258 e. The molecular weight excluding hydrogens is 302 g/mol. The first-order chi connectivity index (χ1) is 11.7. The van der Waals surface area contributed by atoms with Crippen LogP contribution < -0.4 is 9.64 Å². The quantitative estimate of drug-likeness (QED) is 0.728. The molecule has 5 heteroatoms. The van der Waals surface area contributed by atoms with E-state index < -0.39 is 0 Å². The summed E-state index contributed by atoms with van der Waals surface area (Å²) in [6, 6.07) is 13.5. The molecule has 24 heavy (non-hydrogen) atoms. The van der Waals surface area contributed by atoms with Crippen molar-refractivity contribution in [3.63, 3.8) is 0 Å². The third-order valence-corrected chi connectivity index (χ3v) is 4.14. The number of carbonyl (C=O) groups is 1. The number of carbonyl (C=O) groups excluding carboxylic acids is 1. The minimum Gasteiger partial charge on any atom is -0.490 e. The first-order valence-electron chi connectivity index (χ1n) is 7.86. The molecule has 2 heterocycles. The van der Waals surface area contributed by atoms with Crippen LogP contribution in [0.15, 0.2) is 61.2 Å². The molecule has 0 fully saturated rings. The first-order valence-corrected chi connectivity index (χ1v) is 7.86. The van der Waals surface area contributed by atoms with Crippen molar-refractivity contribution in [2.45, 2.75) is 6.92 Å². The molecule has 1 aliphatic rings. The van der Waals surface area contributed by atoms with Gasteiger partial charge in [0.1, 0.15) is 12.4 Å². The van der Waals surface area contributed by atoms with Crippen LogP contribution in [0.4, 0.5) is 5.69 Å². The topological polar surface area (TPSA) is 47.4 Å². The van der Waals surface area contributed by atoms with Crippen LogP contribution in [-0.4, -0.2) is 28.6 Å². The molecule has 1 aliphatic heterocycles. The van der Waals surface area contributed by atoms with Crippen LogP contribution in [0.3, 0.4) is 0 Å². The standard InChI is InChI=1S/C19H17N3O2/c1-14-2-7-17-18(12-14)24-11-10-22(17)19(23)15-3-5-16(6-4-15)21-9-8-20-13-21/h2-9,12-13H,10-11H2,1H3. The molecule has 0 spiro atoms. The van der Waals surface area contributed by atoms with Gasteiger partial charge in [-0.05, 0) is 48.9 Å². The second-order valence-electron chi connectivity index (χ2n) is 5.79. The zero-order valence-corrected chi connectivity index (χ0v) is 13.3. The van der Waals surface area contributed by atoms with Crippen LogP contribution in [0.5, 0.6) is 5.75 Å². The Kier molecular flexibility index (Phi) is 3.54. The van der Waals surface area contributed by atoms with Crippen molar-refractivity contribution in [1.82, 2.24) is 9.55 Å². The predicted octanol–water partition coefficient (Wildman–Crippen LogP) is 3.22. The number of aromatic nitrogens is 2. The Labute approximate surface area is 140 Å². The summed E-state index contributed by atoms with van der Waals surface area (Å²) in [5.74, 6) is 0.755. The third kappa shape index (κ3) is 2.54. The number of imidazole rings is 1. The zero-order valence-electron chi connectivity index (χ0n) is 13.3. The van der Waals surface area contributed by atoms with E-state index in [4.69, 9.17) is 4.74 Å². The number of aryl methyl sites for hydroxylation is 1. The fourth-order valence-corrected chi connectivity index (χ4v) is 2.88. The summed E-state index contributed by atoms with van der Waals surface area (Å²) >= 11 is 0. The monoisotopic (exact) mass is 319 g/mol. The zero-order chi connectivity index (χ0) is 16.5. The van der Waals surface area contributed by atoms with Gasteiger partial charge in [0.25, 0.3) is 5.91 Å². The molecule has 120 valence electrons. The van der Waals surface area contributed by atoms with E-state index in [-0.39, 0.29) is 5.91 Å². The Hall–Kier alpha value is -3.08. The van der Waals surface area contributed by atoms with E-state index in [1.54, 1.807) is 17.4 Å². The largest absolute Gasteiger partial charge is 0.490 e. The molecule has 5 nitrogen and oxygen atoms in total. The van der Waals surface area contributed by atoms with Crippen LogP contribution in [0.2, 0.25) is 0 Å². The lowest BCUT2D eigenvalue weighted by Crippen LogP contribution is -2.37. The minimum atomic E-state index is -0.0133. The third-order valence-electron chi connectivity index (χ3n) is 4.14. The van der Waals surface area contributed by atoms with Gasteiger partial charge in [0.05, 0.1) is 18.6 Å². The van der Waals surface area contributed by atoms with E-state index in [9.17, 15) is 4.79 Å². The van der Waals surface area contributed by atoms with E-state index >= 15 is 0 Å². The summed E-state index contributed by atoms with van der Waals surface area (Å²) in [4.78, 5) is 18.7. The number of hydrogen-bond acceptors (Lipinski definition) is 3. The maximum absolute atomic E-state index is 12.9. The van der Waals surface area contributed by atoms with E-state index in [0.29, 0.717) is 18.7 Å². The summed E-state index contributed by atoms with van der Waals surface area (Å²) in [6.45, 7) is 3.08. The maximum Gasteiger partial charge on any atom is 0.258 e. The normalized spacial score (nSPS) is 13.3. The lowest BCUT2D eigenvalue weighted by molar-refractivity contribution is 0.0976. The first kappa shape index (κ1) is 14.5. The minimum absolute atomic E-state index is 0.0133. The van der Waals surface area contributed by atoms with Gasteiger partial charge >= 0.3 is 0 Å². The van der Waals surface area contributed by atoms with Crippen molar-refractivity contribution in [3.8, 4) is 11.4 Å². The summed E-state index contributed by atoms with van der Waals surface area (Å²) in [6.07, 6.45) is 5.33. The average molecular weight is 319 g/mol. The molecule has 4 rings (SSSR count). The van der Waals surface area contributed by atoms with Crippen molar-refractivity contribution >= 4 is 11.6 Å². The number of ether oxygens (including phenoxy) is 1. The average Bonchev–Trinajstić information content (AvgIpc) is 3.15. The Balaban J connectivity index is 1.63. The molecule has 0 bridgehead atoms. The number of rotatable bonds is 2. The second-order valence-corrected chi connectivity index (χ2v) is 5.79. The van der Waals surface area contributed by atoms with Crippen LogP contribution >= 0.6 is 0 Å². The molecule has 0 saturated heterocycles.